The van der Waals surface area contributed by atoms with Gasteiger partial charge in [0.05, 0.1) is 17.8 Å². The molecule has 0 fully saturated rings. The maximum absolute atomic E-state index is 12.0. The number of amides is 1. The van der Waals surface area contributed by atoms with Gasteiger partial charge in [-0.05, 0) is 12.1 Å². The second-order valence-corrected chi connectivity index (χ2v) is 5.57. The van der Waals surface area contributed by atoms with Crippen LogP contribution in [0.4, 0.5) is 5.69 Å². The minimum absolute atomic E-state index is 0.0741. The first-order valence-corrected chi connectivity index (χ1v) is 7.79. The van der Waals surface area contributed by atoms with Crippen LogP contribution >= 0.6 is 11.6 Å². The average Bonchev–Trinajstić information content (AvgIpc) is 3.07. The molecule has 0 atom stereocenters. The second-order valence-electron chi connectivity index (χ2n) is 5.17. The summed E-state index contributed by atoms with van der Waals surface area (Å²) in [6.45, 7) is -0.495. The molecule has 0 saturated heterocycles. The standard InChI is InChI=1S/C17H14ClNO7/c1-23-12-4-2-3-9(16(12)21)17(22)24-7-15(20)19-11-6-14-13(5-10(11)18)25-8-26-14/h2-6,21H,7-8H2,1H3,(H,19,20). The molecule has 9 heteroatoms. The second kappa shape index (κ2) is 7.40. The Morgan fingerprint density at radius 3 is 2.73 bits per heavy atom. The number of ether oxygens (including phenoxy) is 4. The van der Waals surface area contributed by atoms with Gasteiger partial charge in [0.2, 0.25) is 6.79 Å². The third kappa shape index (κ3) is 3.60. The van der Waals surface area contributed by atoms with Crippen LogP contribution in [0.5, 0.6) is 23.0 Å². The Morgan fingerprint density at radius 2 is 2.00 bits per heavy atom. The van der Waals surface area contributed by atoms with E-state index in [2.05, 4.69) is 5.32 Å². The van der Waals surface area contributed by atoms with Gasteiger partial charge >= 0.3 is 5.97 Å². The van der Waals surface area contributed by atoms with Crippen LogP contribution in [0.25, 0.3) is 0 Å². The fraction of sp³-hybridized carbons (Fsp3) is 0.176. The van der Waals surface area contributed by atoms with Gasteiger partial charge in [-0.3, -0.25) is 4.79 Å². The average molecular weight is 380 g/mol. The van der Waals surface area contributed by atoms with Crippen LogP contribution in [0.1, 0.15) is 10.4 Å². The number of carbonyl (C=O) groups is 2. The van der Waals surface area contributed by atoms with E-state index >= 15 is 0 Å². The van der Waals surface area contributed by atoms with E-state index in [0.717, 1.165) is 0 Å². The number of methoxy groups -OCH3 is 1. The maximum atomic E-state index is 12.0. The molecule has 0 aliphatic carbocycles. The van der Waals surface area contributed by atoms with Crippen molar-refractivity contribution >= 4 is 29.2 Å². The number of aromatic hydroxyl groups is 1. The summed E-state index contributed by atoms with van der Waals surface area (Å²) in [5.74, 6) is -0.791. The number of phenolic OH excluding ortho intramolecular Hbond substituents is 1. The van der Waals surface area contributed by atoms with Crippen LogP contribution in [0.15, 0.2) is 30.3 Å². The topological polar surface area (TPSA) is 103 Å². The Kier molecular flexibility index (Phi) is 5.04. The van der Waals surface area contributed by atoms with Crippen molar-refractivity contribution in [2.24, 2.45) is 0 Å². The van der Waals surface area contributed by atoms with Gasteiger partial charge in [0.25, 0.3) is 5.91 Å². The van der Waals surface area contributed by atoms with Gasteiger partial charge in [-0.1, -0.05) is 17.7 Å². The summed E-state index contributed by atoms with van der Waals surface area (Å²) in [5, 5.41) is 12.7. The van der Waals surface area contributed by atoms with Crippen LogP contribution in [0, 0.1) is 0 Å². The highest BCUT2D eigenvalue weighted by Gasteiger charge is 2.20. The molecule has 3 rings (SSSR count). The zero-order valence-corrected chi connectivity index (χ0v) is 14.3. The lowest BCUT2D eigenvalue weighted by Crippen LogP contribution is -2.21. The largest absolute Gasteiger partial charge is 0.504 e. The first kappa shape index (κ1) is 17.7. The van der Waals surface area contributed by atoms with Gasteiger partial charge in [-0.15, -0.1) is 0 Å². The Morgan fingerprint density at radius 1 is 1.27 bits per heavy atom. The number of esters is 1. The molecule has 0 radical (unpaired) electrons. The number of hydrogen-bond acceptors (Lipinski definition) is 7. The molecule has 2 aromatic rings. The van der Waals surface area contributed by atoms with Crippen molar-refractivity contribution in [3.8, 4) is 23.0 Å². The molecule has 136 valence electrons. The van der Waals surface area contributed by atoms with E-state index in [1.165, 1.54) is 37.4 Å². The molecule has 1 aliphatic rings. The Bertz CT molecular complexity index is 868. The van der Waals surface area contributed by atoms with E-state index in [-0.39, 0.29) is 28.9 Å². The maximum Gasteiger partial charge on any atom is 0.342 e. The number of phenols is 1. The quantitative estimate of drug-likeness (QED) is 0.769. The highest BCUT2D eigenvalue weighted by atomic mass is 35.5. The molecule has 2 N–H and O–H groups in total. The summed E-state index contributed by atoms with van der Waals surface area (Å²) in [7, 11) is 1.35. The number of carbonyl (C=O) groups excluding carboxylic acids is 2. The minimum Gasteiger partial charge on any atom is -0.504 e. The molecular formula is C17H14ClNO7. The summed E-state index contributed by atoms with van der Waals surface area (Å²) < 4.78 is 20.2. The summed E-state index contributed by atoms with van der Waals surface area (Å²) in [5.41, 5.74) is 0.180. The number of anilines is 1. The number of fused-ring (bicyclic) bond motifs is 1. The van der Waals surface area contributed by atoms with Crippen LogP contribution in [-0.2, 0) is 9.53 Å². The lowest BCUT2D eigenvalue weighted by molar-refractivity contribution is -0.119. The lowest BCUT2D eigenvalue weighted by Gasteiger charge is -2.10. The molecule has 8 nitrogen and oxygen atoms in total. The molecular weight excluding hydrogens is 366 g/mol. The van der Waals surface area contributed by atoms with Crippen molar-refractivity contribution in [2.75, 3.05) is 25.8 Å². The number of halogens is 1. The Balaban J connectivity index is 1.62. The van der Waals surface area contributed by atoms with Gasteiger partial charge < -0.3 is 29.4 Å². The fourth-order valence-corrected chi connectivity index (χ4v) is 2.46. The first-order valence-electron chi connectivity index (χ1n) is 7.41. The van der Waals surface area contributed by atoms with Crippen LogP contribution < -0.4 is 19.5 Å². The molecule has 1 aliphatic heterocycles. The van der Waals surface area contributed by atoms with Gasteiger partial charge in [0.1, 0.15) is 5.56 Å². The normalized spacial score (nSPS) is 11.8. The van der Waals surface area contributed by atoms with Crippen molar-refractivity contribution < 1.29 is 33.6 Å². The molecule has 0 spiro atoms. The predicted molar refractivity (Wildman–Crippen MR) is 91.1 cm³/mol. The van der Waals surface area contributed by atoms with E-state index < -0.39 is 18.5 Å². The van der Waals surface area contributed by atoms with E-state index in [9.17, 15) is 14.7 Å². The number of hydrogen-bond donors (Lipinski definition) is 2. The van der Waals surface area contributed by atoms with Crippen LogP contribution in [0.2, 0.25) is 5.02 Å². The third-order valence-electron chi connectivity index (χ3n) is 3.51. The van der Waals surface area contributed by atoms with Crippen LogP contribution in [-0.4, -0.2) is 37.5 Å². The highest BCUT2D eigenvalue weighted by Crippen LogP contribution is 2.39. The smallest absolute Gasteiger partial charge is 0.342 e. The number of para-hydroxylation sites is 1. The zero-order chi connectivity index (χ0) is 18.7. The van der Waals surface area contributed by atoms with E-state index in [4.69, 9.17) is 30.5 Å². The molecule has 0 bridgehead atoms. The Hall–Kier alpha value is -3.13. The number of benzene rings is 2. The predicted octanol–water partition coefficient (Wildman–Crippen LogP) is 2.58. The van der Waals surface area contributed by atoms with Crippen molar-refractivity contribution in [1.82, 2.24) is 0 Å². The zero-order valence-electron chi connectivity index (χ0n) is 13.6. The molecule has 2 aromatic carbocycles. The lowest BCUT2D eigenvalue weighted by atomic mass is 10.2. The van der Waals surface area contributed by atoms with Gasteiger partial charge in [-0.2, -0.15) is 0 Å². The van der Waals surface area contributed by atoms with E-state index in [0.29, 0.717) is 17.2 Å². The molecule has 0 aromatic heterocycles. The van der Waals surface area contributed by atoms with Crippen molar-refractivity contribution in [3.05, 3.63) is 40.9 Å². The Labute approximate surface area is 153 Å². The SMILES string of the molecule is COc1cccc(C(=O)OCC(=O)Nc2cc3c(cc2Cl)OCO3)c1O. The van der Waals surface area contributed by atoms with E-state index in [1.54, 1.807) is 0 Å². The molecule has 26 heavy (non-hydrogen) atoms. The van der Waals surface area contributed by atoms with Crippen molar-refractivity contribution in [1.29, 1.82) is 0 Å². The van der Waals surface area contributed by atoms with Crippen molar-refractivity contribution in [3.63, 3.8) is 0 Å². The first-order chi connectivity index (χ1) is 12.5. The molecule has 0 saturated carbocycles. The summed E-state index contributed by atoms with van der Waals surface area (Å²) in [6, 6.07) is 7.38. The van der Waals surface area contributed by atoms with E-state index in [1.807, 2.05) is 0 Å². The number of rotatable bonds is 5. The summed E-state index contributed by atoms with van der Waals surface area (Å²) in [4.78, 5) is 24.0. The molecule has 1 heterocycles. The van der Waals surface area contributed by atoms with Crippen LogP contribution in [0.3, 0.4) is 0 Å². The van der Waals surface area contributed by atoms with Crippen molar-refractivity contribution in [2.45, 2.75) is 0 Å². The third-order valence-corrected chi connectivity index (χ3v) is 3.82. The molecule has 0 unspecified atom stereocenters. The van der Waals surface area contributed by atoms with Gasteiger partial charge in [0, 0.05) is 12.1 Å². The van der Waals surface area contributed by atoms with Gasteiger partial charge in [-0.25, -0.2) is 4.79 Å². The highest BCUT2D eigenvalue weighted by molar-refractivity contribution is 6.34. The molecule has 1 amide bonds. The van der Waals surface area contributed by atoms with Gasteiger partial charge in [0.15, 0.2) is 29.6 Å². The summed E-state index contributed by atoms with van der Waals surface area (Å²) in [6.07, 6.45) is 0. The summed E-state index contributed by atoms with van der Waals surface area (Å²) >= 11 is 6.06. The monoisotopic (exact) mass is 379 g/mol. The fourth-order valence-electron chi connectivity index (χ4n) is 2.26. The number of nitrogens with one attached hydrogen (secondary N) is 1. The minimum atomic E-state index is -0.867.